The predicted octanol–water partition coefficient (Wildman–Crippen LogP) is 0.130. The molecule has 0 aromatic rings. The van der Waals surface area contributed by atoms with Gasteiger partial charge in [-0.05, 0) is 12.8 Å². The highest BCUT2D eigenvalue weighted by Crippen LogP contribution is 2.29. The fraction of sp³-hybridized carbons (Fsp3) is 1.00. The third-order valence-electron chi connectivity index (χ3n) is 2.18. The predicted molar refractivity (Wildman–Crippen MR) is 34.4 cm³/mol. The van der Waals surface area contributed by atoms with Crippen LogP contribution in [0, 0.1) is 5.92 Å². The number of ether oxygens (including phenoxy) is 2. The largest absolute Gasteiger partial charge is 0.391 e. The van der Waals surface area contributed by atoms with Gasteiger partial charge in [0.05, 0.1) is 19.3 Å². The first-order valence-corrected chi connectivity index (χ1v) is 3.77. The summed E-state index contributed by atoms with van der Waals surface area (Å²) in [5.41, 5.74) is 0. The van der Waals surface area contributed by atoms with Crippen LogP contribution >= 0.6 is 0 Å². The van der Waals surface area contributed by atoms with Crippen LogP contribution in [-0.4, -0.2) is 30.7 Å². The van der Waals surface area contributed by atoms with E-state index >= 15 is 0 Å². The molecule has 10 heavy (non-hydrogen) atoms. The first kappa shape index (κ1) is 6.58. The van der Waals surface area contributed by atoms with Gasteiger partial charge in [-0.1, -0.05) is 0 Å². The molecule has 2 fully saturated rings. The summed E-state index contributed by atoms with van der Waals surface area (Å²) in [6.07, 6.45) is 1.62. The van der Waals surface area contributed by atoms with Gasteiger partial charge in [0.25, 0.3) is 0 Å². The summed E-state index contributed by atoms with van der Waals surface area (Å²) >= 11 is 0. The van der Waals surface area contributed by atoms with E-state index in [1.54, 1.807) is 0 Å². The summed E-state index contributed by atoms with van der Waals surface area (Å²) < 4.78 is 10.5. The molecule has 3 nitrogen and oxygen atoms in total. The zero-order valence-corrected chi connectivity index (χ0v) is 5.82. The minimum absolute atomic E-state index is 0.0107. The number of hydrogen-bond acceptors (Lipinski definition) is 3. The second kappa shape index (κ2) is 2.49. The Morgan fingerprint density at radius 1 is 1.30 bits per heavy atom. The van der Waals surface area contributed by atoms with E-state index in [1.165, 1.54) is 0 Å². The molecule has 0 radical (unpaired) electrons. The Morgan fingerprint density at radius 3 is 3.10 bits per heavy atom. The van der Waals surface area contributed by atoms with Crippen molar-refractivity contribution in [2.45, 2.75) is 25.2 Å². The summed E-state index contributed by atoms with van der Waals surface area (Å²) in [6.45, 7) is 1.24. The molecule has 0 aromatic heterocycles. The van der Waals surface area contributed by atoms with Crippen LogP contribution in [0.5, 0.6) is 0 Å². The van der Waals surface area contributed by atoms with Gasteiger partial charge in [0.15, 0.2) is 6.29 Å². The molecule has 2 aliphatic heterocycles. The van der Waals surface area contributed by atoms with Crippen molar-refractivity contribution in [2.24, 2.45) is 5.92 Å². The molecule has 1 N–H and O–H groups in total. The summed E-state index contributed by atoms with van der Waals surface area (Å²) in [5.74, 6) is 0.448. The SMILES string of the molecule is O[C@H]1CO[C@H]2OCC[C@H]2C1. The maximum Gasteiger partial charge on any atom is 0.160 e. The molecular formula is C7H12O3. The molecule has 0 amide bonds. The highest BCUT2D eigenvalue weighted by Gasteiger charge is 2.34. The number of fused-ring (bicyclic) bond motifs is 1. The van der Waals surface area contributed by atoms with Gasteiger partial charge >= 0.3 is 0 Å². The Hall–Kier alpha value is -0.120. The minimum atomic E-state index is -0.261. The summed E-state index contributed by atoms with van der Waals surface area (Å²) in [6, 6.07) is 0. The zero-order valence-electron chi connectivity index (χ0n) is 5.82. The monoisotopic (exact) mass is 144 g/mol. The normalized spacial score (nSPS) is 47.1. The molecule has 3 heteroatoms. The summed E-state index contributed by atoms with van der Waals surface area (Å²) in [7, 11) is 0. The molecule has 2 aliphatic rings. The minimum Gasteiger partial charge on any atom is -0.391 e. The van der Waals surface area contributed by atoms with Gasteiger partial charge in [-0.3, -0.25) is 0 Å². The second-order valence-electron chi connectivity index (χ2n) is 3.01. The van der Waals surface area contributed by atoms with Crippen molar-refractivity contribution in [2.75, 3.05) is 13.2 Å². The Labute approximate surface area is 59.9 Å². The molecule has 0 aromatic carbocycles. The van der Waals surface area contributed by atoms with Gasteiger partial charge < -0.3 is 14.6 Å². The van der Waals surface area contributed by atoms with E-state index in [9.17, 15) is 5.11 Å². The van der Waals surface area contributed by atoms with Gasteiger partial charge in [-0.2, -0.15) is 0 Å². The maximum atomic E-state index is 9.18. The summed E-state index contributed by atoms with van der Waals surface area (Å²) in [5, 5.41) is 9.18. The highest BCUT2D eigenvalue weighted by atomic mass is 16.7. The van der Waals surface area contributed by atoms with E-state index in [1.807, 2.05) is 0 Å². The van der Waals surface area contributed by atoms with Crippen LogP contribution in [0.1, 0.15) is 12.8 Å². The summed E-state index contributed by atoms with van der Waals surface area (Å²) in [4.78, 5) is 0. The van der Waals surface area contributed by atoms with Crippen LogP contribution in [0.25, 0.3) is 0 Å². The third-order valence-corrected chi connectivity index (χ3v) is 2.18. The lowest BCUT2D eigenvalue weighted by Crippen LogP contribution is -2.34. The first-order chi connectivity index (χ1) is 4.86. The van der Waals surface area contributed by atoms with Crippen molar-refractivity contribution in [1.29, 1.82) is 0 Å². The molecule has 2 heterocycles. The molecule has 58 valence electrons. The molecule has 3 atom stereocenters. The van der Waals surface area contributed by atoms with E-state index in [0.29, 0.717) is 12.5 Å². The zero-order chi connectivity index (χ0) is 6.97. The number of rotatable bonds is 0. The van der Waals surface area contributed by atoms with Crippen molar-refractivity contribution in [3.05, 3.63) is 0 Å². The number of hydrogen-bond donors (Lipinski definition) is 1. The average Bonchev–Trinajstić information content (AvgIpc) is 2.33. The molecule has 2 saturated heterocycles. The standard InChI is InChI=1S/C7H12O3/c8-6-3-5-1-2-9-7(5)10-4-6/h5-8H,1-4H2/t5-,6+,7+/m0/s1. The lowest BCUT2D eigenvalue weighted by Gasteiger charge is -2.27. The van der Waals surface area contributed by atoms with Crippen molar-refractivity contribution in [3.63, 3.8) is 0 Å². The Balaban J connectivity index is 1.96. The van der Waals surface area contributed by atoms with Gasteiger partial charge in [0.1, 0.15) is 0 Å². The highest BCUT2D eigenvalue weighted by molar-refractivity contribution is 4.77. The topological polar surface area (TPSA) is 38.7 Å². The van der Waals surface area contributed by atoms with Crippen LogP contribution in [0.3, 0.4) is 0 Å². The third kappa shape index (κ3) is 1.05. The first-order valence-electron chi connectivity index (χ1n) is 3.77. The van der Waals surface area contributed by atoms with E-state index in [-0.39, 0.29) is 12.4 Å². The fourth-order valence-electron chi connectivity index (χ4n) is 1.64. The van der Waals surface area contributed by atoms with Crippen molar-refractivity contribution < 1.29 is 14.6 Å². The Kier molecular flexibility index (Phi) is 1.64. The van der Waals surface area contributed by atoms with E-state index < -0.39 is 0 Å². The Bertz CT molecular complexity index is 126. The number of aliphatic hydroxyl groups excluding tert-OH is 1. The van der Waals surface area contributed by atoms with Gasteiger partial charge in [0, 0.05) is 5.92 Å². The van der Waals surface area contributed by atoms with Crippen LogP contribution < -0.4 is 0 Å². The van der Waals surface area contributed by atoms with Crippen LogP contribution in [0.15, 0.2) is 0 Å². The van der Waals surface area contributed by atoms with E-state index in [4.69, 9.17) is 9.47 Å². The molecule has 0 unspecified atom stereocenters. The molecule has 0 bridgehead atoms. The van der Waals surface area contributed by atoms with E-state index in [0.717, 1.165) is 19.4 Å². The van der Waals surface area contributed by atoms with E-state index in [2.05, 4.69) is 0 Å². The smallest absolute Gasteiger partial charge is 0.160 e. The van der Waals surface area contributed by atoms with Crippen LogP contribution in [-0.2, 0) is 9.47 Å². The molecule has 2 rings (SSSR count). The Morgan fingerprint density at radius 2 is 2.20 bits per heavy atom. The quantitative estimate of drug-likeness (QED) is 0.525. The maximum absolute atomic E-state index is 9.18. The molecule has 0 aliphatic carbocycles. The molecule has 0 saturated carbocycles. The second-order valence-corrected chi connectivity index (χ2v) is 3.01. The van der Waals surface area contributed by atoms with Crippen LogP contribution in [0.4, 0.5) is 0 Å². The number of aliphatic hydroxyl groups is 1. The molecular weight excluding hydrogens is 132 g/mol. The van der Waals surface area contributed by atoms with Crippen molar-refractivity contribution >= 4 is 0 Å². The lowest BCUT2D eigenvalue weighted by molar-refractivity contribution is -0.179. The lowest BCUT2D eigenvalue weighted by atomic mass is 9.98. The van der Waals surface area contributed by atoms with Crippen molar-refractivity contribution in [1.82, 2.24) is 0 Å². The van der Waals surface area contributed by atoms with Gasteiger partial charge in [0.2, 0.25) is 0 Å². The average molecular weight is 144 g/mol. The van der Waals surface area contributed by atoms with Crippen LogP contribution in [0.2, 0.25) is 0 Å². The fourth-order valence-corrected chi connectivity index (χ4v) is 1.64. The molecule has 0 spiro atoms. The van der Waals surface area contributed by atoms with Crippen molar-refractivity contribution in [3.8, 4) is 0 Å². The van der Waals surface area contributed by atoms with Gasteiger partial charge in [-0.25, -0.2) is 0 Å². The van der Waals surface area contributed by atoms with Gasteiger partial charge in [-0.15, -0.1) is 0 Å².